The second-order valence-electron chi connectivity index (χ2n) is 8.73. The third-order valence-corrected chi connectivity index (χ3v) is 6.43. The largest absolute Gasteiger partial charge is 0.481 e. The molecule has 0 aromatic heterocycles. The number of aliphatic carboxylic acids is 1. The minimum atomic E-state index is -1.10. The Morgan fingerprint density at radius 2 is 1.41 bits per heavy atom. The molecule has 0 saturated carbocycles. The third-order valence-electron chi connectivity index (χ3n) is 5.38. The van der Waals surface area contributed by atoms with Crippen molar-refractivity contribution < 1.29 is 19.5 Å². The minimum Gasteiger partial charge on any atom is -0.481 e. The summed E-state index contributed by atoms with van der Waals surface area (Å²) in [6.45, 7) is 6.13. The highest BCUT2D eigenvalue weighted by molar-refractivity contribution is 8.13. The highest BCUT2D eigenvalue weighted by Crippen LogP contribution is 2.25. The molecule has 0 heterocycles. The smallest absolute Gasteiger partial charge is 0.313 e. The molecule has 0 bridgehead atoms. The van der Waals surface area contributed by atoms with Crippen molar-refractivity contribution in [2.45, 2.75) is 97.3 Å². The highest BCUT2D eigenvalue weighted by atomic mass is 32.2. The number of carboxylic acids is 1. The molecule has 0 amide bonds. The van der Waals surface area contributed by atoms with Gasteiger partial charge in [-0.1, -0.05) is 89.8 Å². The number of carbonyl (C=O) groups excluding carboxylic acids is 2. The summed E-state index contributed by atoms with van der Waals surface area (Å²) in [5.41, 5.74) is 5.19. The van der Waals surface area contributed by atoms with E-state index in [1.54, 1.807) is 0 Å². The zero-order valence-corrected chi connectivity index (χ0v) is 22.0. The van der Waals surface area contributed by atoms with E-state index in [2.05, 4.69) is 18.7 Å². The molecule has 0 aliphatic rings. The number of carboxylic acid groups (broad SMARTS) is 1. The van der Waals surface area contributed by atoms with Crippen LogP contribution in [0.3, 0.4) is 0 Å². The van der Waals surface area contributed by atoms with Crippen molar-refractivity contribution in [2.75, 3.05) is 32.9 Å². The lowest BCUT2D eigenvalue weighted by atomic mass is 9.95. The molecule has 0 aliphatic carbocycles. The Morgan fingerprint density at radius 3 is 1.81 bits per heavy atom. The van der Waals surface area contributed by atoms with Gasteiger partial charge in [-0.05, 0) is 33.4 Å². The number of nitrogens with two attached hydrogens (primary N) is 1. The van der Waals surface area contributed by atoms with Gasteiger partial charge in [0.15, 0.2) is 5.12 Å². The van der Waals surface area contributed by atoms with Gasteiger partial charge in [-0.2, -0.15) is 0 Å². The fraction of sp³-hybridized carbons (Fsp3) is 0.880. The van der Waals surface area contributed by atoms with Gasteiger partial charge in [-0.25, -0.2) is 0 Å². The van der Waals surface area contributed by atoms with E-state index in [1.807, 2.05) is 14.1 Å². The molecule has 6 nitrogen and oxygen atoms in total. The number of aldehydes is 1. The molecule has 2 atom stereocenters. The van der Waals surface area contributed by atoms with Gasteiger partial charge in [-0.15, -0.1) is 0 Å². The fourth-order valence-electron chi connectivity index (χ4n) is 3.28. The average Bonchev–Trinajstić information content (AvgIpc) is 2.75. The Balaban J connectivity index is 0. The van der Waals surface area contributed by atoms with Gasteiger partial charge in [0.25, 0.3) is 0 Å². The normalized spacial score (nSPS) is 12.7. The SMILES string of the molecule is CCCCCCCCC(CCCCCC)C(=O)SCCC(C=O)C(=O)O.CN(C)CCN. The first-order valence-electron chi connectivity index (χ1n) is 12.5. The Hall–Kier alpha value is -0.920. The van der Waals surface area contributed by atoms with E-state index < -0.39 is 11.9 Å². The van der Waals surface area contributed by atoms with Crippen molar-refractivity contribution >= 4 is 29.1 Å². The van der Waals surface area contributed by atoms with Crippen molar-refractivity contribution in [1.29, 1.82) is 0 Å². The van der Waals surface area contributed by atoms with E-state index >= 15 is 0 Å². The molecular weight excluding hydrogens is 424 g/mol. The van der Waals surface area contributed by atoms with Crippen LogP contribution in [0.1, 0.15) is 97.3 Å². The molecule has 0 radical (unpaired) electrons. The van der Waals surface area contributed by atoms with Gasteiger partial charge < -0.3 is 20.5 Å². The van der Waals surface area contributed by atoms with Crippen molar-refractivity contribution in [1.82, 2.24) is 4.90 Å². The van der Waals surface area contributed by atoms with Crippen LogP contribution in [0.5, 0.6) is 0 Å². The summed E-state index contributed by atoms with van der Waals surface area (Å²) in [4.78, 5) is 36.2. The first-order valence-corrected chi connectivity index (χ1v) is 13.5. The van der Waals surface area contributed by atoms with Gasteiger partial charge >= 0.3 is 5.97 Å². The Bertz CT molecular complexity index is 461. The van der Waals surface area contributed by atoms with Crippen LogP contribution in [0.2, 0.25) is 0 Å². The van der Waals surface area contributed by atoms with Crippen molar-refractivity contribution in [3.05, 3.63) is 0 Å². The van der Waals surface area contributed by atoms with Gasteiger partial charge in [0.05, 0.1) is 0 Å². The summed E-state index contributed by atoms with van der Waals surface area (Å²) in [6, 6.07) is 0. The second-order valence-corrected chi connectivity index (χ2v) is 9.83. The monoisotopic (exact) mass is 474 g/mol. The maximum absolute atomic E-state index is 12.5. The van der Waals surface area contributed by atoms with Crippen LogP contribution < -0.4 is 5.73 Å². The van der Waals surface area contributed by atoms with E-state index in [0.717, 1.165) is 38.8 Å². The van der Waals surface area contributed by atoms with E-state index in [0.29, 0.717) is 12.0 Å². The van der Waals surface area contributed by atoms with E-state index in [9.17, 15) is 14.4 Å². The van der Waals surface area contributed by atoms with Crippen molar-refractivity contribution in [2.24, 2.45) is 17.6 Å². The zero-order valence-electron chi connectivity index (χ0n) is 21.2. The van der Waals surface area contributed by atoms with Crippen LogP contribution in [0, 0.1) is 11.8 Å². The summed E-state index contributed by atoms with van der Waals surface area (Å²) in [5.74, 6) is -1.59. The number of thioether (sulfide) groups is 1. The van der Waals surface area contributed by atoms with Crippen LogP contribution in [0.25, 0.3) is 0 Å². The number of hydrogen-bond donors (Lipinski definition) is 2. The summed E-state index contributed by atoms with van der Waals surface area (Å²) in [6.07, 6.45) is 14.6. The molecule has 2 unspecified atom stereocenters. The zero-order chi connectivity index (χ0) is 24.6. The molecule has 0 fully saturated rings. The molecular formula is C25H50N2O4S. The molecule has 32 heavy (non-hydrogen) atoms. The topological polar surface area (TPSA) is 101 Å². The lowest BCUT2D eigenvalue weighted by Crippen LogP contribution is -2.20. The van der Waals surface area contributed by atoms with Crippen molar-refractivity contribution in [3.8, 4) is 0 Å². The van der Waals surface area contributed by atoms with Crippen LogP contribution in [0.4, 0.5) is 0 Å². The lowest BCUT2D eigenvalue weighted by Gasteiger charge is -2.15. The molecule has 0 saturated heterocycles. The quantitative estimate of drug-likeness (QED) is 0.139. The second kappa shape index (κ2) is 24.7. The standard InChI is InChI=1S/C21H38O4S.C4H12N2/c1-3-5-7-9-10-12-14-18(13-11-8-6-4-2)21(25)26-16-15-19(17-22)20(23)24;1-6(2)4-3-5/h17-19H,3-16H2,1-2H3,(H,23,24);3-5H2,1-2H3. The minimum absolute atomic E-state index is 0.0857. The van der Waals surface area contributed by atoms with Crippen LogP contribution in [-0.2, 0) is 14.4 Å². The molecule has 0 aliphatic heterocycles. The van der Waals surface area contributed by atoms with Gasteiger partial charge in [0, 0.05) is 24.8 Å². The number of unbranched alkanes of at least 4 members (excludes halogenated alkanes) is 8. The van der Waals surface area contributed by atoms with Crippen LogP contribution in [0.15, 0.2) is 0 Å². The summed E-state index contributed by atoms with van der Waals surface area (Å²) in [7, 11) is 4.01. The van der Waals surface area contributed by atoms with E-state index in [4.69, 9.17) is 10.8 Å². The maximum atomic E-state index is 12.5. The van der Waals surface area contributed by atoms with Gasteiger partial charge in [0.2, 0.25) is 0 Å². The summed E-state index contributed by atoms with van der Waals surface area (Å²) < 4.78 is 0. The number of likely N-dealkylation sites (N-methyl/N-ethyl adjacent to an activating group) is 1. The first kappa shape index (κ1) is 33.3. The predicted octanol–water partition coefficient (Wildman–Crippen LogP) is 5.38. The van der Waals surface area contributed by atoms with Crippen molar-refractivity contribution in [3.63, 3.8) is 0 Å². The summed E-state index contributed by atoms with van der Waals surface area (Å²) in [5, 5.41) is 9.08. The number of carbonyl (C=O) groups is 3. The number of hydrogen-bond acceptors (Lipinski definition) is 6. The Labute approximate surface area is 201 Å². The summed E-state index contributed by atoms with van der Waals surface area (Å²) >= 11 is 1.22. The van der Waals surface area contributed by atoms with Crippen LogP contribution in [-0.4, -0.2) is 60.3 Å². The molecule has 0 aromatic rings. The van der Waals surface area contributed by atoms with E-state index in [-0.39, 0.29) is 17.5 Å². The average molecular weight is 475 g/mol. The number of rotatable bonds is 20. The molecule has 0 rings (SSSR count). The molecule has 0 aromatic carbocycles. The van der Waals surface area contributed by atoms with Gasteiger partial charge in [0.1, 0.15) is 12.2 Å². The molecule has 190 valence electrons. The Morgan fingerprint density at radius 1 is 0.906 bits per heavy atom. The van der Waals surface area contributed by atoms with Crippen LogP contribution >= 0.6 is 11.8 Å². The van der Waals surface area contributed by atoms with E-state index in [1.165, 1.54) is 63.1 Å². The number of nitrogens with zero attached hydrogens (tertiary/aromatic N) is 1. The first-order chi connectivity index (χ1) is 15.3. The maximum Gasteiger partial charge on any atom is 0.313 e. The van der Waals surface area contributed by atoms with Gasteiger partial charge in [-0.3, -0.25) is 9.59 Å². The highest BCUT2D eigenvalue weighted by Gasteiger charge is 2.21. The molecule has 3 N–H and O–H groups in total. The Kier molecular flexibility index (Phi) is 25.7. The fourth-order valence-corrected chi connectivity index (χ4v) is 4.33. The lowest BCUT2D eigenvalue weighted by molar-refractivity contribution is -0.143. The predicted molar refractivity (Wildman–Crippen MR) is 137 cm³/mol. The molecule has 7 heteroatoms. The third kappa shape index (κ3) is 22.3. The molecule has 0 spiro atoms.